The smallest absolute Gasteiger partial charge is 0.478 e. The molecular formula is C12H8F3NO3. The van der Waals surface area contributed by atoms with Gasteiger partial charge in [0.1, 0.15) is 0 Å². The second-order valence-electron chi connectivity index (χ2n) is 3.75. The van der Waals surface area contributed by atoms with E-state index in [0.717, 1.165) is 0 Å². The molecule has 1 aromatic carbocycles. The predicted octanol–water partition coefficient (Wildman–Crippen LogP) is 2.97. The number of hydrogen-bond acceptors (Lipinski definition) is 3. The van der Waals surface area contributed by atoms with Gasteiger partial charge in [-0.1, -0.05) is 6.07 Å². The van der Waals surface area contributed by atoms with Crippen LogP contribution in [0.15, 0.2) is 30.5 Å². The first kappa shape index (κ1) is 13.3. The summed E-state index contributed by atoms with van der Waals surface area (Å²) in [6.45, 7) is -0.673. The third kappa shape index (κ3) is 3.19. The molecule has 0 radical (unpaired) electrons. The summed E-state index contributed by atoms with van der Waals surface area (Å²) in [5.74, 6) is -1.17. The minimum Gasteiger partial charge on any atom is -0.478 e. The van der Waals surface area contributed by atoms with Gasteiger partial charge < -0.3 is 5.11 Å². The zero-order valence-corrected chi connectivity index (χ0v) is 9.44. The predicted molar refractivity (Wildman–Crippen MR) is 59.5 cm³/mol. The lowest BCUT2D eigenvalue weighted by Gasteiger charge is -2.08. The fourth-order valence-electron chi connectivity index (χ4n) is 1.63. The van der Waals surface area contributed by atoms with Gasteiger partial charge in [-0.25, -0.2) is 4.79 Å². The van der Waals surface area contributed by atoms with Crippen LogP contribution in [-0.2, 0) is 11.3 Å². The maximum atomic E-state index is 11.9. The second kappa shape index (κ2) is 4.85. The highest BCUT2D eigenvalue weighted by Crippen LogP contribution is 2.22. The van der Waals surface area contributed by atoms with Crippen molar-refractivity contribution in [3.8, 4) is 0 Å². The summed E-state index contributed by atoms with van der Waals surface area (Å²) in [4.78, 5) is 15.0. The van der Waals surface area contributed by atoms with Gasteiger partial charge in [-0.2, -0.15) is 0 Å². The van der Waals surface area contributed by atoms with Crippen molar-refractivity contribution < 1.29 is 27.8 Å². The van der Waals surface area contributed by atoms with Gasteiger partial charge >= 0.3 is 12.3 Å². The van der Waals surface area contributed by atoms with Crippen LogP contribution in [0.1, 0.15) is 15.9 Å². The molecule has 0 aliphatic heterocycles. The molecule has 7 heteroatoms. The monoisotopic (exact) mass is 271 g/mol. The fraction of sp³-hybridized carbons (Fsp3) is 0.167. The molecule has 1 heterocycles. The van der Waals surface area contributed by atoms with Gasteiger partial charge in [-0.15, -0.1) is 13.2 Å². The molecule has 0 unspecified atom stereocenters. The van der Waals surface area contributed by atoms with Crippen molar-refractivity contribution in [2.24, 2.45) is 0 Å². The lowest BCUT2D eigenvalue weighted by Crippen LogP contribution is -2.12. The third-order valence-electron chi connectivity index (χ3n) is 2.44. The number of fused-ring (bicyclic) bond motifs is 1. The highest BCUT2D eigenvalue weighted by atomic mass is 19.4. The number of alkyl halides is 3. The summed E-state index contributed by atoms with van der Waals surface area (Å²) in [6.07, 6.45) is -3.39. The first-order chi connectivity index (χ1) is 8.87. The molecule has 1 aromatic heterocycles. The van der Waals surface area contributed by atoms with Crippen LogP contribution in [0.25, 0.3) is 10.9 Å². The number of nitrogens with zero attached hydrogens (tertiary/aromatic N) is 1. The van der Waals surface area contributed by atoms with Gasteiger partial charge in [-0.05, 0) is 23.8 Å². The average Bonchev–Trinajstić information content (AvgIpc) is 2.34. The highest BCUT2D eigenvalue weighted by molar-refractivity contribution is 6.02. The Kier molecular flexibility index (Phi) is 3.39. The molecule has 4 nitrogen and oxygen atoms in total. The van der Waals surface area contributed by atoms with E-state index < -0.39 is 18.9 Å². The summed E-state index contributed by atoms with van der Waals surface area (Å²) in [7, 11) is 0. The minimum atomic E-state index is -4.72. The fourth-order valence-corrected chi connectivity index (χ4v) is 1.63. The first-order valence-electron chi connectivity index (χ1n) is 5.18. The summed E-state index contributed by atoms with van der Waals surface area (Å²) in [5.41, 5.74) is 0.606. The van der Waals surface area contributed by atoms with Gasteiger partial charge in [-0.3, -0.25) is 9.72 Å². The first-order valence-corrected chi connectivity index (χ1v) is 5.18. The standard InChI is InChI=1S/C12H8F3NO3/c13-12(14,15)19-6-7-1-2-10-9(5-7)8(11(17)18)3-4-16-10/h1-5H,6H2,(H,17,18). The number of hydrogen-bond donors (Lipinski definition) is 1. The molecule has 0 saturated carbocycles. The highest BCUT2D eigenvalue weighted by Gasteiger charge is 2.28. The van der Waals surface area contributed by atoms with E-state index in [1.54, 1.807) is 0 Å². The third-order valence-corrected chi connectivity index (χ3v) is 2.44. The molecule has 0 bridgehead atoms. The van der Waals surface area contributed by atoms with Crippen LogP contribution < -0.4 is 0 Å². The van der Waals surface area contributed by atoms with E-state index in [9.17, 15) is 18.0 Å². The molecule has 0 fully saturated rings. The number of rotatable bonds is 3. The molecule has 0 aliphatic carbocycles. The molecular weight excluding hydrogens is 263 g/mol. The number of aromatic carboxylic acids is 1. The van der Waals surface area contributed by atoms with E-state index in [-0.39, 0.29) is 16.5 Å². The number of benzene rings is 1. The topological polar surface area (TPSA) is 59.4 Å². The van der Waals surface area contributed by atoms with E-state index in [1.165, 1.54) is 30.5 Å². The molecule has 0 aliphatic rings. The lowest BCUT2D eigenvalue weighted by molar-refractivity contribution is -0.330. The Morgan fingerprint density at radius 3 is 2.68 bits per heavy atom. The van der Waals surface area contributed by atoms with Crippen LogP contribution in [0.5, 0.6) is 0 Å². The Hall–Kier alpha value is -2.15. The maximum absolute atomic E-state index is 11.9. The molecule has 2 rings (SSSR count). The Morgan fingerprint density at radius 2 is 2.05 bits per heavy atom. The van der Waals surface area contributed by atoms with Gasteiger partial charge in [0.25, 0.3) is 0 Å². The van der Waals surface area contributed by atoms with Crippen LogP contribution in [0, 0.1) is 0 Å². The average molecular weight is 271 g/mol. The van der Waals surface area contributed by atoms with Crippen molar-refractivity contribution in [3.63, 3.8) is 0 Å². The van der Waals surface area contributed by atoms with Crippen LogP contribution in [-0.4, -0.2) is 22.4 Å². The van der Waals surface area contributed by atoms with Crippen LogP contribution in [0.2, 0.25) is 0 Å². The zero-order chi connectivity index (χ0) is 14.0. The van der Waals surface area contributed by atoms with Gasteiger partial charge in [0.05, 0.1) is 17.7 Å². The Bertz CT molecular complexity index is 625. The van der Waals surface area contributed by atoms with Gasteiger partial charge in [0.2, 0.25) is 0 Å². The minimum absolute atomic E-state index is 0.0149. The van der Waals surface area contributed by atoms with E-state index in [0.29, 0.717) is 5.52 Å². The molecule has 100 valence electrons. The zero-order valence-electron chi connectivity index (χ0n) is 9.44. The number of aromatic nitrogens is 1. The summed E-state index contributed by atoms with van der Waals surface area (Å²) in [5, 5.41) is 9.27. The Morgan fingerprint density at radius 1 is 1.32 bits per heavy atom. The summed E-state index contributed by atoms with van der Waals surface area (Å²) >= 11 is 0. The Labute approximate surface area is 105 Å². The number of carbonyl (C=O) groups is 1. The van der Waals surface area contributed by atoms with Gasteiger partial charge in [0.15, 0.2) is 0 Å². The SMILES string of the molecule is O=C(O)c1ccnc2ccc(COC(F)(F)F)cc12. The number of carboxylic acids is 1. The van der Waals surface area contributed by atoms with Gasteiger partial charge in [0, 0.05) is 11.6 Å². The van der Waals surface area contributed by atoms with Crippen molar-refractivity contribution in [2.45, 2.75) is 13.0 Å². The van der Waals surface area contributed by atoms with E-state index in [4.69, 9.17) is 5.11 Å². The molecule has 0 atom stereocenters. The number of pyridine rings is 1. The van der Waals surface area contributed by atoms with Crippen molar-refractivity contribution >= 4 is 16.9 Å². The Balaban J connectivity index is 2.38. The molecule has 0 spiro atoms. The van der Waals surface area contributed by atoms with E-state index >= 15 is 0 Å². The van der Waals surface area contributed by atoms with Crippen molar-refractivity contribution in [1.82, 2.24) is 4.98 Å². The molecule has 0 amide bonds. The van der Waals surface area contributed by atoms with Crippen LogP contribution >= 0.6 is 0 Å². The maximum Gasteiger partial charge on any atom is 0.522 e. The second-order valence-corrected chi connectivity index (χ2v) is 3.75. The number of ether oxygens (including phenoxy) is 1. The molecule has 19 heavy (non-hydrogen) atoms. The van der Waals surface area contributed by atoms with Crippen molar-refractivity contribution in [3.05, 3.63) is 41.6 Å². The van der Waals surface area contributed by atoms with Crippen molar-refractivity contribution in [2.75, 3.05) is 0 Å². The number of halogens is 3. The lowest BCUT2D eigenvalue weighted by atomic mass is 10.1. The van der Waals surface area contributed by atoms with E-state index in [2.05, 4.69) is 9.72 Å². The summed E-state index contributed by atoms with van der Waals surface area (Å²) < 4.78 is 39.5. The van der Waals surface area contributed by atoms with Crippen LogP contribution in [0.3, 0.4) is 0 Å². The molecule has 1 N–H and O–H groups in total. The quantitative estimate of drug-likeness (QED) is 0.932. The number of carboxylic acid groups (broad SMARTS) is 1. The molecule has 2 aromatic rings. The summed E-state index contributed by atoms with van der Waals surface area (Å²) in [6, 6.07) is 5.49. The molecule has 0 saturated heterocycles. The largest absolute Gasteiger partial charge is 0.522 e. The van der Waals surface area contributed by atoms with Crippen LogP contribution in [0.4, 0.5) is 13.2 Å². The van der Waals surface area contributed by atoms with E-state index in [1.807, 2.05) is 0 Å². The normalized spacial score (nSPS) is 11.7. The van der Waals surface area contributed by atoms with Crippen molar-refractivity contribution in [1.29, 1.82) is 0 Å².